The lowest BCUT2D eigenvalue weighted by Gasteiger charge is -2.05. The van der Waals surface area contributed by atoms with Gasteiger partial charge in [0, 0.05) is 24.6 Å². The predicted molar refractivity (Wildman–Crippen MR) is 65.3 cm³/mol. The van der Waals surface area contributed by atoms with Crippen LogP contribution in [0.2, 0.25) is 0 Å². The van der Waals surface area contributed by atoms with Crippen molar-refractivity contribution in [1.29, 1.82) is 5.26 Å². The normalized spacial score (nSPS) is 9.65. The summed E-state index contributed by atoms with van der Waals surface area (Å²) in [5, 5.41) is 11.9. The minimum absolute atomic E-state index is 0.601. The summed E-state index contributed by atoms with van der Waals surface area (Å²) in [6.45, 7) is 2.60. The average Bonchev–Trinajstić information content (AvgIpc) is 2.38. The Morgan fingerprint density at radius 1 is 1.29 bits per heavy atom. The molecule has 0 radical (unpaired) electrons. The van der Waals surface area contributed by atoms with E-state index in [1.807, 2.05) is 25.3 Å². The fraction of sp³-hybridized carbons (Fsp3) is 0.154. The molecule has 0 aliphatic heterocycles. The molecule has 0 aromatic carbocycles. The largest absolute Gasteiger partial charge is 0.366 e. The van der Waals surface area contributed by atoms with E-state index in [1.165, 1.54) is 0 Å². The number of nitrogens with one attached hydrogen (secondary N) is 1. The van der Waals surface area contributed by atoms with E-state index >= 15 is 0 Å². The van der Waals surface area contributed by atoms with Crippen LogP contribution < -0.4 is 5.32 Å². The molecule has 2 aromatic rings. The maximum absolute atomic E-state index is 8.76. The lowest BCUT2D eigenvalue weighted by molar-refractivity contribution is 1.07. The molecular formula is C13H12N4. The summed E-state index contributed by atoms with van der Waals surface area (Å²) in [5.41, 5.74) is 2.68. The van der Waals surface area contributed by atoms with Crippen molar-refractivity contribution < 1.29 is 0 Å². The summed E-state index contributed by atoms with van der Waals surface area (Å²) in [4.78, 5) is 8.35. The summed E-state index contributed by atoms with van der Waals surface area (Å²) in [5.74, 6) is 0.699. The smallest absolute Gasteiger partial charge is 0.127 e. The second-order valence-corrected chi connectivity index (χ2v) is 3.70. The summed E-state index contributed by atoms with van der Waals surface area (Å²) in [6, 6.07) is 9.47. The Kier molecular flexibility index (Phi) is 3.31. The summed E-state index contributed by atoms with van der Waals surface area (Å²) in [6.07, 6.45) is 3.45. The standard InChI is InChI=1S/C13H12N4/c1-10-2-3-12(8-16-10)9-17-13-6-11(7-14)4-5-15-13/h2-6,8H,9H2,1H3,(H,15,17). The molecule has 0 atom stereocenters. The second-order valence-electron chi connectivity index (χ2n) is 3.70. The number of rotatable bonds is 3. The molecular weight excluding hydrogens is 212 g/mol. The Bertz CT molecular complexity index is 540. The molecule has 0 saturated carbocycles. The molecule has 0 aliphatic carbocycles. The summed E-state index contributed by atoms with van der Waals surface area (Å²) >= 11 is 0. The van der Waals surface area contributed by atoms with Crippen LogP contribution in [-0.2, 0) is 6.54 Å². The molecule has 0 saturated heterocycles. The van der Waals surface area contributed by atoms with Crippen molar-refractivity contribution >= 4 is 5.82 Å². The highest BCUT2D eigenvalue weighted by atomic mass is 15.0. The summed E-state index contributed by atoms with van der Waals surface area (Å²) in [7, 11) is 0. The predicted octanol–water partition coefficient (Wildman–Crippen LogP) is 2.27. The number of hydrogen-bond donors (Lipinski definition) is 1. The lowest BCUT2D eigenvalue weighted by Crippen LogP contribution is -2.02. The number of pyridine rings is 2. The van der Waals surface area contributed by atoms with Crippen LogP contribution in [0.15, 0.2) is 36.7 Å². The third kappa shape index (κ3) is 3.02. The number of hydrogen-bond acceptors (Lipinski definition) is 4. The Hall–Kier alpha value is -2.41. The molecule has 0 amide bonds. The van der Waals surface area contributed by atoms with Gasteiger partial charge in [-0.05, 0) is 30.7 Å². The van der Waals surface area contributed by atoms with Gasteiger partial charge in [0.05, 0.1) is 11.6 Å². The Labute approximate surface area is 100.0 Å². The molecule has 4 nitrogen and oxygen atoms in total. The SMILES string of the molecule is Cc1ccc(CNc2cc(C#N)ccn2)cn1. The first-order chi connectivity index (χ1) is 8.28. The van der Waals surface area contributed by atoms with Crippen molar-refractivity contribution in [3.05, 3.63) is 53.5 Å². The Morgan fingerprint density at radius 2 is 2.18 bits per heavy atom. The molecule has 4 heteroatoms. The van der Waals surface area contributed by atoms with E-state index in [2.05, 4.69) is 21.4 Å². The number of anilines is 1. The number of nitriles is 1. The van der Waals surface area contributed by atoms with Crippen LogP contribution >= 0.6 is 0 Å². The third-order valence-corrected chi connectivity index (χ3v) is 2.34. The van der Waals surface area contributed by atoms with Crippen LogP contribution in [0.25, 0.3) is 0 Å². The van der Waals surface area contributed by atoms with Crippen molar-refractivity contribution in [1.82, 2.24) is 9.97 Å². The number of aryl methyl sites for hydroxylation is 1. The molecule has 17 heavy (non-hydrogen) atoms. The molecule has 1 N–H and O–H groups in total. The van der Waals surface area contributed by atoms with Crippen LogP contribution in [0.1, 0.15) is 16.8 Å². The minimum Gasteiger partial charge on any atom is -0.366 e. The highest BCUT2D eigenvalue weighted by Gasteiger charge is 1.97. The Morgan fingerprint density at radius 3 is 2.88 bits per heavy atom. The van der Waals surface area contributed by atoms with Crippen molar-refractivity contribution in [2.24, 2.45) is 0 Å². The number of aromatic nitrogens is 2. The first-order valence-corrected chi connectivity index (χ1v) is 5.29. The Balaban J connectivity index is 2.02. The third-order valence-electron chi connectivity index (χ3n) is 2.34. The maximum Gasteiger partial charge on any atom is 0.127 e. The quantitative estimate of drug-likeness (QED) is 0.868. The monoisotopic (exact) mass is 224 g/mol. The van der Waals surface area contributed by atoms with Gasteiger partial charge < -0.3 is 5.32 Å². The first-order valence-electron chi connectivity index (χ1n) is 5.29. The highest BCUT2D eigenvalue weighted by molar-refractivity contribution is 5.42. The molecule has 2 rings (SSSR count). The van der Waals surface area contributed by atoms with E-state index in [-0.39, 0.29) is 0 Å². The highest BCUT2D eigenvalue weighted by Crippen LogP contribution is 2.08. The lowest BCUT2D eigenvalue weighted by atomic mass is 10.2. The molecule has 2 heterocycles. The van der Waals surface area contributed by atoms with Crippen LogP contribution in [0.4, 0.5) is 5.82 Å². The van der Waals surface area contributed by atoms with E-state index in [4.69, 9.17) is 5.26 Å². The van der Waals surface area contributed by atoms with Crippen LogP contribution in [0.3, 0.4) is 0 Å². The molecule has 0 bridgehead atoms. The van der Waals surface area contributed by atoms with Crippen LogP contribution in [-0.4, -0.2) is 9.97 Å². The maximum atomic E-state index is 8.76. The van der Waals surface area contributed by atoms with Gasteiger partial charge in [0.2, 0.25) is 0 Å². The van der Waals surface area contributed by atoms with Gasteiger partial charge >= 0.3 is 0 Å². The van der Waals surface area contributed by atoms with Gasteiger partial charge in [-0.15, -0.1) is 0 Å². The molecule has 0 unspecified atom stereocenters. The van der Waals surface area contributed by atoms with E-state index in [0.29, 0.717) is 17.9 Å². The fourth-order valence-electron chi connectivity index (χ4n) is 1.39. The summed E-state index contributed by atoms with van der Waals surface area (Å²) < 4.78 is 0. The molecule has 0 fully saturated rings. The zero-order valence-corrected chi connectivity index (χ0v) is 9.51. The van der Waals surface area contributed by atoms with E-state index in [0.717, 1.165) is 11.3 Å². The fourth-order valence-corrected chi connectivity index (χ4v) is 1.39. The average molecular weight is 224 g/mol. The van der Waals surface area contributed by atoms with Gasteiger partial charge in [-0.3, -0.25) is 4.98 Å². The van der Waals surface area contributed by atoms with Gasteiger partial charge in [-0.25, -0.2) is 4.98 Å². The van der Waals surface area contributed by atoms with E-state index < -0.39 is 0 Å². The van der Waals surface area contributed by atoms with Crippen molar-refractivity contribution in [2.45, 2.75) is 13.5 Å². The van der Waals surface area contributed by atoms with Crippen molar-refractivity contribution in [3.8, 4) is 6.07 Å². The molecule has 84 valence electrons. The van der Waals surface area contributed by atoms with Crippen molar-refractivity contribution in [2.75, 3.05) is 5.32 Å². The molecule has 0 spiro atoms. The van der Waals surface area contributed by atoms with Gasteiger partial charge in [-0.1, -0.05) is 6.07 Å². The zero-order valence-electron chi connectivity index (χ0n) is 9.51. The van der Waals surface area contributed by atoms with E-state index in [9.17, 15) is 0 Å². The zero-order chi connectivity index (χ0) is 12.1. The van der Waals surface area contributed by atoms with Gasteiger partial charge in [0.25, 0.3) is 0 Å². The first kappa shape index (κ1) is 11.1. The number of nitrogens with zero attached hydrogens (tertiary/aromatic N) is 3. The van der Waals surface area contributed by atoms with E-state index in [1.54, 1.807) is 18.3 Å². The van der Waals surface area contributed by atoms with Gasteiger partial charge in [-0.2, -0.15) is 5.26 Å². The minimum atomic E-state index is 0.601. The van der Waals surface area contributed by atoms with Crippen LogP contribution in [0, 0.1) is 18.3 Å². The topological polar surface area (TPSA) is 61.6 Å². The van der Waals surface area contributed by atoms with Gasteiger partial charge in [0.15, 0.2) is 0 Å². The second kappa shape index (κ2) is 5.08. The van der Waals surface area contributed by atoms with Crippen molar-refractivity contribution in [3.63, 3.8) is 0 Å². The van der Waals surface area contributed by atoms with Gasteiger partial charge in [0.1, 0.15) is 5.82 Å². The molecule has 0 aliphatic rings. The molecule has 2 aromatic heterocycles. The van der Waals surface area contributed by atoms with Crippen LogP contribution in [0.5, 0.6) is 0 Å².